The van der Waals surface area contributed by atoms with Gasteiger partial charge in [0.15, 0.2) is 11.5 Å². The van der Waals surface area contributed by atoms with Crippen molar-refractivity contribution in [2.24, 2.45) is 0 Å². The zero-order valence-electron chi connectivity index (χ0n) is 25.7. The molecule has 1 aliphatic heterocycles. The highest BCUT2D eigenvalue weighted by Gasteiger charge is 2.36. The number of ether oxygens (including phenoxy) is 3. The van der Waals surface area contributed by atoms with Crippen LogP contribution in [-0.4, -0.2) is 25.0 Å². The second-order valence-corrected chi connectivity index (χ2v) is 11.0. The van der Waals surface area contributed by atoms with Crippen LogP contribution in [0.25, 0.3) is 16.8 Å². The monoisotopic (exact) mass is 612 g/mol. The number of urea groups is 1. The first-order chi connectivity index (χ1) is 22.3. The van der Waals surface area contributed by atoms with E-state index >= 15 is 0 Å². The Morgan fingerprint density at radius 2 is 1.52 bits per heavy atom. The predicted octanol–water partition coefficient (Wildman–Crippen LogP) is 7.29. The van der Waals surface area contributed by atoms with Gasteiger partial charge in [-0.15, -0.1) is 0 Å². The summed E-state index contributed by atoms with van der Waals surface area (Å²) in [7, 11) is 1.52. The number of carbonyl (C=O) groups is 3. The number of nitrogens with one attached hydrogen (secondary N) is 1. The van der Waals surface area contributed by atoms with Gasteiger partial charge < -0.3 is 14.2 Å². The van der Waals surface area contributed by atoms with Crippen LogP contribution in [0, 0.1) is 13.8 Å². The van der Waals surface area contributed by atoms with Crippen molar-refractivity contribution in [1.29, 1.82) is 0 Å². The first kappa shape index (κ1) is 30.1. The maximum absolute atomic E-state index is 13.5. The van der Waals surface area contributed by atoms with Crippen LogP contribution in [0.15, 0.2) is 109 Å². The molecule has 8 nitrogen and oxygen atoms in total. The minimum absolute atomic E-state index is 0.193. The quantitative estimate of drug-likeness (QED) is 0.139. The molecule has 6 rings (SSSR count). The Morgan fingerprint density at radius 3 is 2.28 bits per heavy atom. The number of aryl methyl sites for hydroxylation is 2. The Labute approximate surface area is 266 Å². The van der Waals surface area contributed by atoms with Crippen LogP contribution < -0.4 is 24.4 Å². The SMILES string of the molecule is COc1cc(/C=C2\C(=O)NC(=O)N(c3ccc(OCc4ccc(C)cc4)cc3)C2=O)ccc1OCc1c(C)ccc2ccccc12. The number of fused-ring (bicyclic) bond motifs is 1. The highest BCUT2D eigenvalue weighted by molar-refractivity contribution is 6.39. The molecule has 1 fully saturated rings. The van der Waals surface area contributed by atoms with Crippen LogP contribution >= 0.6 is 0 Å². The zero-order chi connectivity index (χ0) is 32.2. The van der Waals surface area contributed by atoms with Crippen LogP contribution in [0.5, 0.6) is 17.2 Å². The van der Waals surface area contributed by atoms with Gasteiger partial charge in [0.2, 0.25) is 0 Å². The van der Waals surface area contributed by atoms with E-state index in [1.165, 1.54) is 13.2 Å². The second-order valence-electron chi connectivity index (χ2n) is 11.0. The molecule has 0 spiro atoms. The van der Waals surface area contributed by atoms with Crippen molar-refractivity contribution in [1.82, 2.24) is 5.32 Å². The first-order valence-electron chi connectivity index (χ1n) is 14.8. The molecule has 0 bridgehead atoms. The van der Waals surface area contributed by atoms with Crippen molar-refractivity contribution in [3.8, 4) is 17.2 Å². The number of hydrogen-bond donors (Lipinski definition) is 1. The second kappa shape index (κ2) is 13.0. The summed E-state index contributed by atoms with van der Waals surface area (Å²) in [6, 6.07) is 31.2. The smallest absolute Gasteiger partial charge is 0.335 e. The molecule has 1 aliphatic rings. The third kappa shape index (κ3) is 6.32. The van der Waals surface area contributed by atoms with E-state index in [4.69, 9.17) is 14.2 Å². The fraction of sp³-hybridized carbons (Fsp3) is 0.132. The maximum atomic E-state index is 13.5. The van der Waals surface area contributed by atoms with Crippen LogP contribution in [-0.2, 0) is 22.8 Å². The van der Waals surface area contributed by atoms with Crippen LogP contribution in [0.1, 0.15) is 27.8 Å². The van der Waals surface area contributed by atoms with E-state index in [1.54, 1.807) is 42.5 Å². The van der Waals surface area contributed by atoms with Crippen molar-refractivity contribution in [2.75, 3.05) is 12.0 Å². The minimum Gasteiger partial charge on any atom is -0.493 e. The van der Waals surface area contributed by atoms with Gasteiger partial charge in [0, 0.05) is 5.56 Å². The van der Waals surface area contributed by atoms with Crippen molar-refractivity contribution in [2.45, 2.75) is 27.1 Å². The van der Waals surface area contributed by atoms with Gasteiger partial charge in [-0.25, -0.2) is 9.69 Å². The number of nitrogens with zero attached hydrogens (tertiary/aromatic N) is 1. The Hall–Kier alpha value is -5.89. The van der Waals surface area contributed by atoms with Crippen molar-refractivity contribution in [3.05, 3.63) is 137 Å². The number of amides is 4. The van der Waals surface area contributed by atoms with Crippen molar-refractivity contribution < 1.29 is 28.6 Å². The summed E-state index contributed by atoms with van der Waals surface area (Å²) in [5.74, 6) is -0.00293. The average molecular weight is 613 g/mol. The molecule has 0 saturated carbocycles. The molecule has 230 valence electrons. The lowest BCUT2D eigenvalue weighted by molar-refractivity contribution is -0.122. The van der Waals surface area contributed by atoms with E-state index in [2.05, 4.69) is 29.6 Å². The van der Waals surface area contributed by atoms with E-state index in [-0.39, 0.29) is 5.57 Å². The van der Waals surface area contributed by atoms with E-state index in [9.17, 15) is 14.4 Å². The van der Waals surface area contributed by atoms with Crippen LogP contribution in [0.2, 0.25) is 0 Å². The first-order valence-corrected chi connectivity index (χ1v) is 14.8. The van der Waals surface area contributed by atoms with Crippen LogP contribution in [0.4, 0.5) is 10.5 Å². The minimum atomic E-state index is -0.828. The third-order valence-corrected chi connectivity index (χ3v) is 7.87. The molecule has 8 heteroatoms. The number of imide groups is 2. The van der Waals surface area contributed by atoms with Crippen molar-refractivity contribution >= 4 is 40.4 Å². The predicted molar refractivity (Wildman–Crippen MR) is 177 cm³/mol. The highest BCUT2D eigenvalue weighted by Crippen LogP contribution is 2.32. The number of barbiturate groups is 1. The molecule has 0 unspecified atom stereocenters. The fourth-order valence-electron chi connectivity index (χ4n) is 5.28. The number of hydrogen-bond acceptors (Lipinski definition) is 6. The molecule has 0 aromatic heterocycles. The Balaban J connectivity index is 1.18. The number of rotatable bonds is 9. The molecular weight excluding hydrogens is 580 g/mol. The molecule has 5 aromatic carbocycles. The number of benzene rings is 5. The Morgan fingerprint density at radius 1 is 0.761 bits per heavy atom. The standard InChI is InChI=1S/C38H32N2O6/c1-24-8-11-26(12-9-24)22-45-30-17-15-29(16-18-30)40-37(42)32(36(41)39-38(40)43)20-27-13-19-34(35(21-27)44-3)46-23-33-25(2)10-14-28-6-4-5-7-31(28)33/h4-21H,22-23H2,1-3H3,(H,39,41,43)/b32-20+. The van der Waals surface area contributed by atoms with Gasteiger partial charge in [-0.1, -0.05) is 72.3 Å². The van der Waals surface area contributed by atoms with Gasteiger partial charge in [0.1, 0.15) is 24.5 Å². The van der Waals surface area contributed by atoms with E-state index < -0.39 is 17.8 Å². The number of anilines is 1. The summed E-state index contributed by atoms with van der Waals surface area (Å²) < 4.78 is 17.6. The van der Waals surface area contributed by atoms with Gasteiger partial charge in [0.25, 0.3) is 11.8 Å². The van der Waals surface area contributed by atoms with Gasteiger partial charge >= 0.3 is 6.03 Å². The molecule has 0 aliphatic carbocycles. The van der Waals surface area contributed by atoms with E-state index in [0.717, 1.165) is 37.9 Å². The molecule has 4 amide bonds. The van der Waals surface area contributed by atoms with Crippen LogP contribution in [0.3, 0.4) is 0 Å². The highest BCUT2D eigenvalue weighted by atomic mass is 16.5. The Kier molecular flexibility index (Phi) is 8.52. The lowest BCUT2D eigenvalue weighted by Crippen LogP contribution is -2.54. The van der Waals surface area contributed by atoms with E-state index in [0.29, 0.717) is 41.7 Å². The molecule has 1 saturated heterocycles. The maximum Gasteiger partial charge on any atom is 0.335 e. The van der Waals surface area contributed by atoms with E-state index in [1.807, 2.05) is 50.2 Å². The molecule has 0 radical (unpaired) electrons. The molecule has 5 aromatic rings. The number of carbonyl (C=O) groups excluding carboxylic acids is 3. The average Bonchev–Trinajstić information content (AvgIpc) is 3.06. The Bertz CT molecular complexity index is 1980. The van der Waals surface area contributed by atoms with Crippen molar-refractivity contribution in [3.63, 3.8) is 0 Å². The summed E-state index contributed by atoms with van der Waals surface area (Å²) in [5, 5.41) is 4.51. The molecule has 0 atom stereocenters. The number of methoxy groups -OCH3 is 1. The molecule has 46 heavy (non-hydrogen) atoms. The fourth-order valence-corrected chi connectivity index (χ4v) is 5.28. The lowest BCUT2D eigenvalue weighted by Gasteiger charge is -2.26. The van der Waals surface area contributed by atoms with Gasteiger partial charge in [0.05, 0.1) is 12.8 Å². The van der Waals surface area contributed by atoms with Gasteiger partial charge in [-0.3, -0.25) is 14.9 Å². The topological polar surface area (TPSA) is 94.2 Å². The summed E-state index contributed by atoms with van der Waals surface area (Å²) in [5.41, 5.74) is 5.01. The lowest BCUT2D eigenvalue weighted by atomic mass is 10.0. The molecule has 1 heterocycles. The summed E-state index contributed by atoms with van der Waals surface area (Å²) >= 11 is 0. The third-order valence-electron chi connectivity index (χ3n) is 7.87. The normalized spacial score (nSPS) is 14.0. The summed E-state index contributed by atoms with van der Waals surface area (Å²) in [6.45, 7) is 4.78. The summed E-state index contributed by atoms with van der Waals surface area (Å²) in [4.78, 5) is 40.0. The zero-order valence-corrected chi connectivity index (χ0v) is 25.7. The van der Waals surface area contributed by atoms with Gasteiger partial charge in [-0.2, -0.15) is 0 Å². The largest absolute Gasteiger partial charge is 0.493 e. The van der Waals surface area contributed by atoms with Gasteiger partial charge in [-0.05, 0) is 83.8 Å². The summed E-state index contributed by atoms with van der Waals surface area (Å²) in [6.07, 6.45) is 1.43. The molecular formula is C38H32N2O6. The molecule has 1 N–H and O–H groups in total.